The number of hydrogen-bond acceptors (Lipinski definition) is 4. The fraction of sp³-hybridized carbons (Fsp3) is 0.520. The Bertz CT molecular complexity index is 899. The Morgan fingerprint density at radius 3 is 1.94 bits per heavy atom. The van der Waals surface area contributed by atoms with E-state index in [4.69, 9.17) is 4.74 Å². The van der Waals surface area contributed by atoms with Gasteiger partial charge in [0.25, 0.3) is 10.1 Å². The summed E-state index contributed by atoms with van der Waals surface area (Å²) in [6.07, 6.45) is 14.7. The molecule has 0 amide bonds. The maximum absolute atomic E-state index is 11.9. The summed E-state index contributed by atoms with van der Waals surface area (Å²) in [5.41, 5.74) is 0.918. The molecule has 0 spiro atoms. The minimum absolute atomic E-state index is 0. The second-order valence-electron chi connectivity index (χ2n) is 8.09. The summed E-state index contributed by atoms with van der Waals surface area (Å²) in [5, 5.41) is 11.9. The van der Waals surface area contributed by atoms with Crippen molar-refractivity contribution >= 4 is 10.1 Å². The van der Waals surface area contributed by atoms with Gasteiger partial charge < -0.3 is 9.84 Å². The minimum atomic E-state index is -4.46. The molecule has 0 atom stereocenters. The minimum Gasteiger partial charge on any atom is -0.870 e. The standard InChI is InChI=1S/C25H36O5S.K/c1-2-3-4-5-6-7-8-9-10-11-12-15-21-18-19-25(31(27,28)29)24(20-21)30-23-17-14-13-16-22(23)26;/h13-14,16-20,26H,2-12,15H2,1H3,(H,27,28,29);/q;+1/p-1. The second kappa shape index (κ2) is 16.3. The van der Waals surface area contributed by atoms with Crippen molar-refractivity contribution in [3.8, 4) is 17.2 Å². The third-order valence-electron chi connectivity index (χ3n) is 5.42. The summed E-state index contributed by atoms with van der Waals surface area (Å²) in [7, 11) is -4.46. The monoisotopic (exact) mass is 486 g/mol. The molecular formula is C25H35KO5S. The second-order valence-corrected chi connectivity index (χ2v) is 9.48. The van der Waals surface area contributed by atoms with Crippen LogP contribution < -0.4 is 61.2 Å². The molecule has 2 aromatic rings. The van der Waals surface area contributed by atoms with Crippen molar-refractivity contribution in [2.24, 2.45) is 0 Å². The van der Waals surface area contributed by atoms with Gasteiger partial charge in [0.15, 0.2) is 0 Å². The zero-order valence-electron chi connectivity index (χ0n) is 19.5. The SMILES string of the molecule is CCCCCCCCCCCCCc1ccc(S(=O)(=O)O)c(Oc2ccccc2[O-])c1.[K+]. The molecule has 2 rings (SSSR count). The Hall–Kier alpha value is -0.414. The molecule has 0 fully saturated rings. The maximum atomic E-state index is 11.9. The van der Waals surface area contributed by atoms with Crippen molar-refractivity contribution in [3.63, 3.8) is 0 Å². The van der Waals surface area contributed by atoms with Crippen LogP contribution in [-0.4, -0.2) is 13.0 Å². The first-order valence-corrected chi connectivity index (χ1v) is 12.9. The van der Waals surface area contributed by atoms with E-state index in [1.165, 1.54) is 76.0 Å². The number of rotatable bonds is 15. The Labute approximate surface area is 236 Å². The van der Waals surface area contributed by atoms with Gasteiger partial charge in [0.05, 0.1) is 0 Å². The van der Waals surface area contributed by atoms with Gasteiger partial charge in [0.2, 0.25) is 0 Å². The van der Waals surface area contributed by atoms with Crippen LogP contribution in [0.2, 0.25) is 0 Å². The molecule has 0 saturated heterocycles. The average Bonchev–Trinajstić information content (AvgIpc) is 2.73. The predicted octanol–water partition coefficient (Wildman–Crippen LogP) is 3.66. The first-order chi connectivity index (χ1) is 14.9. The van der Waals surface area contributed by atoms with Gasteiger partial charge in [-0.1, -0.05) is 101 Å². The average molecular weight is 487 g/mol. The topological polar surface area (TPSA) is 86.7 Å². The largest absolute Gasteiger partial charge is 1.00 e. The fourth-order valence-corrected chi connectivity index (χ4v) is 4.24. The summed E-state index contributed by atoms with van der Waals surface area (Å²) in [6.45, 7) is 2.24. The molecule has 0 saturated carbocycles. The van der Waals surface area contributed by atoms with E-state index in [-0.39, 0.29) is 73.5 Å². The zero-order valence-corrected chi connectivity index (χ0v) is 23.5. The molecule has 32 heavy (non-hydrogen) atoms. The smallest absolute Gasteiger partial charge is 0.870 e. The fourth-order valence-electron chi connectivity index (χ4n) is 3.65. The summed E-state index contributed by atoms with van der Waals surface area (Å²) in [6, 6.07) is 10.7. The third-order valence-corrected chi connectivity index (χ3v) is 6.32. The van der Waals surface area contributed by atoms with Gasteiger partial charge >= 0.3 is 51.4 Å². The Kier molecular flexibility index (Phi) is 15.0. The summed E-state index contributed by atoms with van der Waals surface area (Å²) in [5.74, 6) is -0.342. The van der Waals surface area contributed by atoms with E-state index in [1.54, 1.807) is 24.3 Å². The first kappa shape index (κ1) is 29.6. The zero-order chi connectivity index (χ0) is 22.5. The molecule has 5 nitrogen and oxygen atoms in total. The number of aryl methyl sites for hydroxylation is 1. The normalized spacial score (nSPS) is 11.2. The molecule has 0 heterocycles. The number of unbranched alkanes of at least 4 members (excludes halogenated alkanes) is 10. The Morgan fingerprint density at radius 2 is 1.38 bits per heavy atom. The molecule has 2 aromatic carbocycles. The third kappa shape index (κ3) is 11.1. The number of ether oxygens (including phenoxy) is 1. The quantitative estimate of drug-likeness (QED) is 0.236. The molecule has 0 aliphatic rings. The van der Waals surface area contributed by atoms with E-state index < -0.39 is 10.1 Å². The summed E-state index contributed by atoms with van der Waals surface area (Å²) < 4.78 is 38.5. The van der Waals surface area contributed by atoms with Gasteiger partial charge in [0, 0.05) is 0 Å². The molecule has 0 unspecified atom stereocenters. The van der Waals surface area contributed by atoms with Gasteiger partial charge in [-0.15, -0.1) is 0 Å². The van der Waals surface area contributed by atoms with Crippen LogP contribution in [-0.2, 0) is 16.5 Å². The van der Waals surface area contributed by atoms with Crippen LogP contribution in [0.4, 0.5) is 0 Å². The molecule has 0 radical (unpaired) electrons. The van der Waals surface area contributed by atoms with E-state index in [1.807, 2.05) is 0 Å². The van der Waals surface area contributed by atoms with E-state index in [0.29, 0.717) is 0 Å². The van der Waals surface area contributed by atoms with Crippen LogP contribution in [0.1, 0.15) is 83.1 Å². The molecule has 1 N–H and O–H groups in total. The van der Waals surface area contributed by atoms with E-state index in [9.17, 15) is 18.1 Å². The maximum Gasteiger partial charge on any atom is 1.00 e. The van der Waals surface area contributed by atoms with Crippen LogP contribution in [0.25, 0.3) is 0 Å². The van der Waals surface area contributed by atoms with Crippen molar-refractivity contribution < 1.29 is 74.2 Å². The van der Waals surface area contributed by atoms with Crippen molar-refractivity contribution in [1.82, 2.24) is 0 Å². The van der Waals surface area contributed by atoms with Gasteiger partial charge in [0.1, 0.15) is 16.4 Å². The number of hydrogen-bond donors (Lipinski definition) is 1. The molecule has 172 valence electrons. The van der Waals surface area contributed by atoms with Gasteiger partial charge in [-0.05, 0) is 36.6 Å². The molecule has 7 heteroatoms. The summed E-state index contributed by atoms with van der Waals surface area (Å²) >= 11 is 0. The van der Waals surface area contributed by atoms with Gasteiger partial charge in [-0.2, -0.15) is 8.42 Å². The molecule has 0 aliphatic heterocycles. The van der Waals surface area contributed by atoms with Crippen LogP contribution >= 0.6 is 0 Å². The van der Waals surface area contributed by atoms with Crippen LogP contribution in [0, 0.1) is 0 Å². The van der Waals surface area contributed by atoms with Crippen LogP contribution in [0.15, 0.2) is 47.4 Å². The van der Waals surface area contributed by atoms with Crippen LogP contribution in [0.5, 0.6) is 17.2 Å². The Morgan fingerprint density at radius 1 is 0.812 bits per heavy atom. The Balaban J connectivity index is 0.00000512. The van der Waals surface area contributed by atoms with E-state index in [2.05, 4.69) is 6.92 Å². The number of para-hydroxylation sites is 2. The van der Waals surface area contributed by atoms with E-state index in [0.717, 1.165) is 24.8 Å². The van der Waals surface area contributed by atoms with E-state index >= 15 is 0 Å². The van der Waals surface area contributed by atoms with Gasteiger partial charge in [-0.3, -0.25) is 4.55 Å². The number of benzene rings is 2. The first-order valence-electron chi connectivity index (χ1n) is 11.5. The summed E-state index contributed by atoms with van der Waals surface area (Å²) in [4.78, 5) is -0.335. The molecule has 0 aromatic heterocycles. The molecular weight excluding hydrogens is 451 g/mol. The van der Waals surface area contributed by atoms with Crippen molar-refractivity contribution in [1.29, 1.82) is 0 Å². The molecule has 0 aliphatic carbocycles. The predicted molar refractivity (Wildman–Crippen MR) is 122 cm³/mol. The molecule has 0 bridgehead atoms. The van der Waals surface area contributed by atoms with Crippen molar-refractivity contribution in [3.05, 3.63) is 48.0 Å². The van der Waals surface area contributed by atoms with Gasteiger partial charge in [-0.25, -0.2) is 0 Å². The van der Waals surface area contributed by atoms with Crippen LogP contribution in [0.3, 0.4) is 0 Å². The van der Waals surface area contributed by atoms with Crippen molar-refractivity contribution in [2.45, 2.75) is 88.9 Å². The van der Waals surface area contributed by atoms with Crippen molar-refractivity contribution in [2.75, 3.05) is 0 Å².